The zero-order chi connectivity index (χ0) is 28.7. The van der Waals surface area contributed by atoms with Gasteiger partial charge in [-0.2, -0.15) is 0 Å². The van der Waals surface area contributed by atoms with Crippen molar-refractivity contribution < 1.29 is 38.9 Å². The molecule has 7 rings (SSSR count). The summed E-state index contributed by atoms with van der Waals surface area (Å²) in [5.41, 5.74) is -0.676. The van der Waals surface area contributed by atoms with Crippen LogP contribution in [0, 0.1) is 17.8 Å². The predicted molar refractivity (Wildman–Crippen MR) is 143 cm³/mol. The van der Waals surface area contributed by atoms with E-state index in [4.69, 9.17) is 9.47 Å². The van der Waals surface area contributed by atoms with Gasteiger partial charge in [0.2, 0.25) is 11.8 Å². The zero-order valence-electron chi connectivity index (χ0n) is 23.1. The van der Waals surface area contributed by atoms with E-state index in [0.29, 0.717) is 0 Å². The number of ketones is 2. The van der Waals surface area contributed by atoms with Gasteiger partial charge < -0.3 is 19.7 Å². The summed E-state index contributed by atoms with van der Waals surface area (Å²) in [6.07, 6.45) is 6.00. The molecule has 4 bridgehead atoms. The first-order valence-corrected chi connectivity index (χ1v) is 13.7. The molecule has 3 aliphatic carbocycles. The lowest BCUT2D eigenvalue weighted by Gasteiger charge is -2.58. The van der Waals surface area contributed by atoms with Crippen LogP contribution in [0.25, 0.3) is 0 Å². The molecule has 0 aromatic heterocycles. The van der Waals surface area contributed by atoms with Gasteiger partial charge in [-0.25, -0.2) is 0 Å². The molecule has 5 atom stereocenters. The van der Waals surface area contributed by atoms with Gasteiger partial charge >= 0.3 is 0 Å². The van der Waals surface area contributed by atoms with Crippen LogP contribution in [0.4, 0.5) is 0 Å². The molecule has 9 nitrogen and oxygen atoms in total. The second-order valence-electron chi connectivity index (χ2n) is 12.0. The molecule has 1 saturated carbocycles. The molecular weight excluding hydrogens is 514 g/mol. The number of rotatable bonds is 6. The van der Waals surface area contributed by atoms with Crippen LogP contribution >= 0.6 is 0 Å². The van der Waals surface area contributed by atoms with Crippen molar-refractivity contribution in [2.75, 3.05) is 13.2 Å². The number of likely N-dealkylation sites (tertiary alicyclic amines) is 1. The number of phenols is 2. The molecule has 2 amide bonds. The highest BCUT2D eigenvalue weighted by molar-refractivity contribution is 6.18. The second-order valence-corrected chi connectivity index (χ2v) is 12.0. The molecule has 40 heavy (non-hydrogen) atoms. The fraction of sp³-hybridized carbons (Fsp3) is 0.484. The lowest BCUT2D eigenvalue weighted by molar-refractivity contribution is -0.172. The average molecular weight is 548 g/mol. The van der Waals surface area contributed by atoms with E-state index in [1.807, 2.05) is 39.8 Å². The molecule has 1 spiro atoms. The second kappa shape index (κ2) is 8.89. The first-order chi connectivity index (χ1) is 18.9. The fourth-order valence-electron chi connectivity index (χ4n) is 7.25. The van der Waals surface area contributed by atoms with Crippen molar-refractivity contribution in [3.63, 3.8) is 0 Å². The molecular formula is C31H33NO8. The molecule has 3 heterocycles. The summed E-state index contributed by atoms with van der Waals surface area (Å²) in [7, 11) is 0. The van der Waals surface area contributed by atoms with Crippen molar-refractivity contribution in [2.24, 2.45) is 17.8 Å². The Morgan fingerprint density at radius 3 is 2.38 bits per heavy atom. The van der Waals surface area contributed by atoms with Gasteiger partial charge in [-0.3, -0.25) is 24.1 Å². The van der Waals surface area contributed by atoms with Crippen molar-refractivity contribution in [3.8, 4) is 17.2 Å². The lowest BCUT2D eigenvalue weighted by Crippen LogP contribution is -2.74. The number of nitrogens with zero attached hydrogens (tertiary/aromatic N) is 1. The van der Waals surface area contributed by atoms with Crippen LogP contribution in [-0.4, -0.2) is 62.8 Å². The van der Waals surface area contributed by atoms with Crippen LogP contribution in [0.5, 0.6) is 17.2 Å². The smallest absolute Gasteiger partial charge is 0.229 e. The Balaban J connectivity index is 1.52. The van der Waals surface area contributed by atoms with E-state index in [9.17, 15) is 29.4 Å². The fourth-order valence-corrected chi connectivity index (χ4v) is 7.25. The summed E-state index contributed by atoms with van der Waals surface area (Å²) in [6, 6.07) is 1.33. The Bertz CT molecular complexity index is 1460. The first-order valence-electron chi connectivity index (χ1n) is 13.7. The molecule has 6 aliphatic rings. The molecule has 2 saturated heterocycles. The number of aromatic hydroxyl groups is 2. The molecule has 3 fully saturated rings. The van der Waals surface area contributed by atoms with Crippen molar-refractivity contribution in [1.29, 1.82) is 0 Å². The number of benzene rings is 1. The number of amides is 2. The minimum atomic E-state index is -1.54. The Labute approximate surface area is 232 Å². The van der Waals surface area contributed by atoms with Gasteiger partial charge in [0, 0.05) is 54.8 Å². The molecule has 3 aliphatic heterocycles. The summed E-state index contributed by atoms with van der Waals surface area (Å²) in [4.78, 5) is 54.7. The van der Waals surface area contributed by atoms with Crippen LogP contribution in [0.2, 0.25) is 0 Å². The SMILES string of the molecule is CC(C)=CCc1c(O)cc2c(c1O)C(=O)C1=C[C@H]3C(=O)[C@]4(CC=C(C)C)OC[C@H]([C@H]3CN3C(=O)CCC3=O)[C@]14O2. The monoisotopic (exact) mass is 547 g/mol. The van der Waals surface area contributed by atoms with Crippen LogP contribution in [0.3, 0.4) is 0 Å². The van der Waals surface area contributed by atoms with Gasteiger partial charge in [-0.1, -0.05) is 29.4 Å². The number of Topliss-reactive ketones (excluding diaryl/α,β-unsaturated/α-hetero) is 2. The summed E-state index contributed by atoms with van der Waals surface area (Å²) in [5, 5.41) is 22.1. The highest BCUT2D eigenvalue weighted by Gasteiger charge is 2.79. The number of hydrogen-bond donors (Lipinski definition) is 2. The topological polar surface area (TPSA) is 130 Å². The maximum Gasteiger partial charge on any atom is 0.229 e. The quantitative estimate of drug-likeness (QED) is 0.408. The van der Waals surface area contributed by atoms with Gasteiger partial charge in [-0.15, -0.1) is 0 Å². The third kappa shape index (κ3) is 3.36. The van der Waals surface area contributed by atoms with E-state index in [-0.39, 0.29) is 90.4 Å². The Kier molecular flexibility index (Phi) is 5.89. The van der Waals surface area contributed by atoms with E-state index >= 15 is 0 Å². The van der Waals surface area contributed by atoms with Crippen LogP contribution in [0.1, 0.15) is 62.9 Å². The third-order valence-corrected chi connectivity index (χ3v) is 9.21. The van der Waals surface area contributed by atoms with Crippen LogP contribution in [-0.2, 0) is 25.5 Å². The zero-order valence-corrected chi connectivity index (χ0v) is 23.1. The van der Waals surface area contributed by atoms with Gasteiger partial charge in [0.15, 0.2) is 22.8 Å². The first kappa shape index (κ1) is 26.5. The van der Waals surface area contributed by atoms with E-state index < -0.39 is 34.7 Å². The predicted octanol–water partition coefficient (Wildman–Crippen LogP) is 3.57. The molecule has 1 aromatic rings. The largest absolute Gasteiger partial charge is 0.507 e. The number of fused-ring (bicyclic) bond motifs is 1. The van der Waals surface area contributed by atoms with E-state index in [1.54, 1.807) is 6.08 Å². The number of allylic oxidation sites excluding steroid dienone is 4. The summed E-state index contributed by atoms with van der Waals surface area (Å²) in [5.74, 6) is -3.66. The minimum absolute atomic E-state index is 0.0181. The van der Waals surface area contributed by atoms with Crippen LogP contribution in [0.15, 0.2) is 41.0 Å². The van der Waals surface area contributed by atoms with Crippen molar-refractivity contribution in [3.05, 3.63) is 52.1 Å². The maximum atomic E-state index is 14.2. The van der Waals surface area contributed by atoms with E-state index in [1.165, 1.54) is 11.0 Å². The third-order valence-electron chi connectivity index (χ3n) is 9.21. The number of hydrogen-bond acceptors (Lipinski definition) is 8. The summed E-state index contributed by atoms with van der Waals surface area (Å²) >= 11 is 0. The molecule has 0 unspecified atom stereocenters. The normalized spacial score (nSPS) is 31.6. The minimum Gasteiger partial charge on any atom is -0.507 e. The number of phenolic OH excluding ortho intramolecular Hbond substituents is 2. The molecule has 1 aromatic carbocycles. The van der Waals surface area contributed by atoms with Crippen molar-refractivity contribution in [2.45, 2.75) is 64.6 Å². The van der Waals surface area contributed by atoms with Crippen molar-refractivity contribution in [1.82, 2.24) is 4.90 Å². The summed E-state index contributed by atoms with van der Waals surface area (Å²) in [6.45, 7) is 7.73. The highest BCUT2D eigenvalue weighted by atomic mass is 16.6. The Morgan fingerprint density at radius 1 is 1.05 bits per heavy atom. The Morgan fingerprint density at radius 2 is 1.73 bits per heavy atom. The number of ether oxygens (including phenoxy) is 2. The van der Waals surface area contributed by atoms with Crippen LogP contribution < -0.4 is 4.74 Å². The van der Waals surface area contributed by atoms with Gasteiger partial charge in [0.25, 0.3) is 0 Å². The summed E-state index contributed by atoms with van der Waals surface area (Å²) < 4.78 is 13.0. The van der Waals surface area contributed by atoms with Gasteiger partial charge in [0.05, 0.1) is 6.61 Å². The number of imide groups is 1. The average Bonchev–Trinajstić information content (AvgIpc) is 3.35. The van der Waals surface area contributed by atoms with Crippen molar-refractivity contribution >= 4 is 23.4 Å². The number of carbonyl (C=O) groups is 4. The molecule has 0 radical (unpaired) electrons. The number of carbonyl (C=O) groups excluding carboxylic acids is 4. The van der Waals surface area contributed by atoms with E-state index in [2.05, 4.69) is 0 Å². The standard InChI is InChI=1S/C31H33NO8/c1-15(2)5-6-17-22(33)12-23-26(27(17)36)28(37)20-11-18-19(13-32-24(34)7-8-25(32)35)21-14-39-30(29(18)38,10-9-16(3)4)31(20,21)40-23/h5,9,11-12,18-19,21,33,36H,6-8,10,13-14H2,1-4H3/t18-,19+,21-,30+,31-/m1/s1. The molecule has 2 N–H and O–H groups in total. The maximum absolute atomic E-state index is 14.2. The Hall–Kier alpha value is -3.72. The lowest BCUT2D eigenvalue weighted by atomic mass is 9.49. The molecule has 9 heteroatoms. The van der Waals surface area contributed by atoms with Gasteiger partial charge in [-0.05, 0) is 40.0 Å². The van der Waals surface area contributed by atoms with Gasteiger partial charge in [0.1, 0.15) is 22.8 Å². The molecule has 210 valence electrons. The van der Waals surface area contributed by atoms with E-state index in [0.717, 1.165) is 11.1 Å². The highest BCUT2D eigenvalue weighted by Crippen LogP contribution is 2.65.